The first-order valence-corrected chi connectivity index (χ1v) is 9.94. The first kappa shape index (κ1) is 18.2. The van der Waals surface area contributed by atoms with E-state index in [4.69, 9.17) is 5.73 Å². The van der Waals surface area contributed by atoms with E-state index in [1.807, 2.05) is 24.3 Å². The zero-order chi connectivity index (χ0) is 21.7. The summed E-state index contributed by atoms with van der Waals surface area (Å²) < 4.78 is 13.8. The molecule has 4 N–H and O–H groups in total. The first-order chi connectivity index (χ1) is 15.7. The highest BCUT2D eigenvalue weighted by Gasteiger charge is 2.15. The van der Waals surface area contributed by atoms with Gasteiger partial charge in [-0.1, -0.05) is 12.1 Å². The third-order valence-electron chi connectivity index (χ3n) is 5.45. The summed E-state index contributed by atoms with van der Waals surface area (Å²) in [7, 11) is 0. The number of rotatable bonds is 3. The Labute approximate surface area is 181 Å². The van der Waals surface area contributed by atoms with Crippen molar-refractivity contribution in [3.8, 4) is 33.6 Å². The summed E-state index contributed by atoms with van der Waals surface area (Å²) in [5, 5.41) is 9.27. The van der Waals surface area contributed by atoms with Crippen molar-refractivity contribution >= 4 is 27.6 Å². The molecule has 0 saturated heterocycles. The maximum Gasteiger partial charge on any atom is 0.155 e. The summed E-state index contributed by atoms with van der Waals surface area (Å²) in [6.45, 7) is 0. The number of halogens is 1. The normalized spacial score (nSPS) is 11.4. The van der Waals surface area contributed by atoms with Crippen molar-refractivity contribution in [3.05, 3.63) is 79.3 Å². The number of hydrogen-bond acceptors (Lipinski definition) is 5. The molecule has 0 aliphatic rings. The van der Waals surface area contributed by atoms with E-state index in [1.54, 1.807) is 37.1 Å². The number of H-pyrrole nitrogens is 2. The van der Waals surface area contributed by atoms with Gasteiger partial charge >= 0.3 is 0 Å². The van der Waals surface area contributed by atoms with Gasteiger partial charge in [-0.25, -0.2) is 9.37 Å². The van der Waals surface area contributed by atoms with Gasteiger partial charge in [-0.15, -0.1) is 0 Å². The van der Waals surface area contributed by atoms with Gasteiger partial charge in [0.05, 0.1) is 23.1 Å². The fourth-order valence-electron chi connectivity index (χ4n) is 3.95. The van der Waals surface area contributed by atoms with Gasteiger partial charge < -0.3 is 10.7 Å². The van der Waals surface area contributed by atoms with Crippen LogP contribution in [0.4, 0.5) is 10.1 Å². The summed E-state index contributed by atoms with van der Waals surface area (Å²) in [6.07, 6.45) is 8.60. The van der Waals surface area contributed by atoms with Crippen molar-refractivity contribution in [1.29, 1.82) is 0 Å². The number of nitrogens with one attached hydrogen (secondary N) is 2. The van der Waals surface area contributed by atoms with Crippen LogP contribution in [0.5, 0.6) is 0 Å². The van der Waals surface area contributed by atoms with E-state index >= 15 is 0 Å². The van der Waals surface area contributed by atoms with Gasteiger partial charge in [0.2, 0.25) is 0 Å². The lowest BCUT2D eigenvalue weighted by molar-refractivity contribution is 0.628. The van der Waals surface area contributed by atoms with Crippen molar-refractivity contribution in [2.45, 2.75) is 0 Å². The minimum atomic E-state index is -0.289. The highest BCUT2D eigenvalue weighted by Crippen LogP contribution is 2.34. The summed E-state index contributed by atoms with van der Waals surface area (Å²) >= 11 is 0. The summed E-state index contributed by atoms with van der Waals surface area (Å²) in [4.78, 5) is 16.4. The van der Waals surface area contributed by atoms with E-state index in [1.165, 1.54) is 12.1 Å². The first-order valence-electron chi connectivity index (χ1n) is 9.94. The van der Waals surface area contributed by atoms with Crippen LogP contribution < -0.4 is 5.73 Å². The minimum Gasteiger partial charge on any atom is -0.397 e. The predicted molar refractivity (Wildman–Crippen MR) is 122 cm³/mol. The van der Waals surface area contributed by atoms with Crippen molar-refractivity contribution in [2.75, 3.05) is 5.73 Å². The molecule has 0 radical (unpaired) electrons. The molecule has 5 aromatic heterocycles. The molecule has 7 nitrogen and oxygen atoms in total. The van der Waals surface area contributed by atoms with E-state index in [0.717, 1.165) is 49.9 Å². The maximum atomic E-state index is 13.8. The van der Waals surface area contributed by atoms with Crippen LogP contribution in [0.3, 0.4) is 0 Å². The third-order valence-corrected chi connectivity index (χ3v) is 5.45. The van der Waals surface area contributed by atoms with Crippen molar-refractivity contribution < 1.29 is 4.39 Å². The Hall–Kier alpha value is -4.59. The summed E-state index contributed by atoms with van der Waals surface area (Å²) in [5.74, 6) is -0.289. The second kappa shape index (κ2) is 6.98. The van der Waals surface area contributed by atoms with Crippen LogP contribution in [-0.4, -0.2) is 30.1 Å². The standard InChI is InChI=1S/C24H16FN7/c25-16-3-1-2-13(4-16)20-11-28-12-22-18(20)7-21(30-22)23-19-6-15(9-29-24(19)32-31-23)14-5-17(26)10-27-8-14/h1-12,30H,26H2,(H,29,31,32). The molecule has 0 aliphatic carbocycles. The summed E-state index contributed by atoms with van der Waals surface area (Å²) in [6, 6.07) is 12.4. The molecule has 154 valence electrons. The predicted octanol–water partition coefficient (Wildman–Crippen LogP) is 4.95. The van der Waals surface area contributed by atoms with E-state index in [0.29, 0.717) is 11.3 Å². The molecular formula is C24H16FN7. The number of hydrogen-bond donors (Lipinski definition) is 3. The van der Waals surface area contributed by atoms with Crippen molar-refractivity contribution in [1.82, 2.24) is 30.1 Å². The average Bonchev–Trinajstić information content (AvgIpc) is 3.42. The summed E-state index contributed by atoms with van der Waals surface area (Å²) in [5.41, 5.74) is 12.9. The molecule has 8 heteroatoms. The van der Waals surface area contributed by atoms with Gasteiger partial charge in [0.1, 0.15) is 11.5 Å². The third kappa shape index (κ3) is 2.97. The Kier molecular flexibility index (Phi) is 3.97. The molecule has 6 aromatic rings. The van der Waals surface area contributed by atoms with Crippen molar-refractivity contribution in [3.63, 3.8) is 0 Å². The Morgan fingerprint density at radius 2 is 1.69 bits per heavy atom. The zero-order valence-electron chi connectivity index (χ0n) is 16.7. The van der Waals surface area contributed by atoms with E-state index in [-0.39, 0.29) is 5.82 Å². The molecule has 1 aromatic carbocycles. The fraction of sp³-hybridized carbons (Fsp3) is 0. The number of nitrogens with zero attached hydrogens (tertiary/aromatic N) is 4. The Bertz CT molecular complexity index is 1620. The number of anilines is 1. The number of pyridine rings is 3. The van der Waals surface area contributed by atoms with Gasteiger partial charge in [-0.3, -0.25) is 15.1 Å². The average molecular weight is 421 g/mol. The minimum absolute atomic E-state index is 0.289. The SMILES string of the molecule is Nc1cncc(-c2cnc3[nH]nc(-c4cc5c(-c6cccc(F)c6)cncc5[nH]4)c3c2)c1. The highest BCUT2D eigenvalue weighted by molar-refractivity contribution is 6.00. The molecule has 0 bridgehead atoms. The Morgan fingerprint density at radius 3 is 2.56 bits per heavy atom. The maximum absolute atomic E-state index is 13.8. The number of fused-ring (bicyclic) bond motifs is 2. The van der Waals surface area contributed by atoms with Gasteiger partial charge in [-0.2, -0.15) is 5.10 Å². The smallest absolute Gasteiger partial charge is 0.155 e. The van der Waals surface area contributed by atoms with Crippen molar-refractivity contribution in [2.24, 2.45) is 0 Å². The van der Waals surface area contributed by atoms with Gasteiger partial charge in [0, 0.05) is 52.3 Å². The molecule has 0 atom stereocenters. The highest BCUT2D eigenvalue weighted by atomic mass is 19.1. The monoisotopic (exact) mass is 421 g/mol. The van der Waals surface area contributed by atoms with E-state index in [2.05, 4.69) is 30.1 Å². The molecule has 5 heterocycles. The zero-order valence-corrected chi connectivity index (χ0v) is 16.7. The lowest BCUT2D eigenvalue weighted by Gasteiger charge is -2.02. The molecule has 0 saturated carbocycles. The van der Waals surface area contributed by atoms with E-state index in [9.17, 15) is 4.39 Å². The molecule has 0 amide bonds. The number of aromatic amines is 2. The van der Waals surface area contributed by atoms with Gasteiger partial charge in [0.25, 0.3) is 0 Å². The second-order valence-corrected chi connectivity index (χ2v) is 7.54. The molecule has 0 fully saturated rings. The van der Waals surface area contributed by atoms with Crippen LogP contribution in [-0.2, 0) is 0 Å². The molecule has 0 aliphatic heterocycles. The van der Waals surface area contributed by atoms with Crippen LogP contribution in [0.1, 0.15) is 0 Å². The molecule has 32 heavy (non-hydrogen) atoms. The molecule has 0 unspecified atom stereocenters. The lowest BCUT2D eigenvalue weighted by atomic mass is 10.0. The van der Waals surface area contributed by atoms with E-state index < -0.39 is 0 Å². The van der Waals surface area contributed by atoms with Crippen LogP contribution in [0.15, 0.2) is 73.4 Å². The Morgan fingerprint density at radius 1 is 0.812 bits per heavy atom. The van der Waals surface area contributed by atoms with Crippen LogP contribution >= 0.6 is 0 Å². The fourth-order valence-corrected chi connectivity index (χ4v) is 3.95. The quantitative estimate of drug-likeness (QED) is 0.374. The number of benzene rings is 1. The van der Waals surface area contributed by atoms with Crippen LogP contribution in [0, 0.1) is 5.82 Å². The van der Waals surface area contributed by atoms with Crippen LogP contribution in [0.25, 0.3) is 55.6 Å². The topological polar surface area (TPSA) is 109 Å². The Balaban J connectivity index is 1.51. The number of aromatic nitrogens is 6. The number of nitrogen functional groups attached to an aromatic ring is 1. The lowest BCUT2D eigenvalue weighted by Crippen LogP contribution is -1.88. The second-order valence-electron chi connectivity index (χ2n) is 7.54. The van der Waals surface area contributed by atoms with Gasteiger partial charge in [-0.05, 0) is 35.9 Å². The van der Waals surface area contributed by atoms with Gasteiger partial charge in [0.15, 0.2) is 5.65 Å². The van der Waals surface area contributed by atoms with Crippen LogP contribution in [0.2, 0.25) is 0 Å². The molecule has 0 spiro atoms. The molecule has 6 rings (SSSR count). The largest absolute Gasteiger partial charge is 0.397 e. The molecular weight excluding hydrogens is 405 g/mol. The number of nitrogens with two attached hydrogens (primary N) is 1.